The molecule has 2 aliphatic rings. The number of pyridine rings is 1. The summed E-state index contributed by atoms with van der Waals surface area (Å²) in [5, 5.41) is 18.4. The Bertz CT molecular complexity index is 1190. The average molecular weight is 442 g/mol. The fraction of sp³-hybridized carbons (Fsp3) is 0.346. The second-order valence-corrected chi connectivity index (χ2v) is 8.64. The van der Waals surface area contributed by atoms with Crippen LogP contribution < -0.4 is 10.6 Å². The van der Waals surface area contributed by atoms with Gasteiger partial charge in [-0.2, -0.15) is 5.26 Å². The van der Waals surface area contributed by atoms with E-state index in [0.717, 1.165) is 60.1 Å². The molecule has 2 aliphatic heterocycles. The van der Waals surface area contributed by atoms with Crippen LogP contribution in [0.15, 0.2) is 54.9 Å². The zero-order valence-electron chi connectivity index (χ0n) is 18.5. The number of carbonyl (C=O) groups is 1. The summed E-state index contributed by atoms with van der Waals surface area (Å²) in [4.78, 5) is 19.1. The maximum atomic E-state index is 12.8. The van der Waals surface area contributed by atoms with Gasteiger partial charge in [0.1, 0.15) is 6.04 Å². The number of ether oxygens (including phenoxy) is 1. The van der Waals surface area contributed by atoms with Crippen molar-refractivity contribution in [2.24, 2.45) is 0 Å². The van der Waals surface area contributed by atoms with Crippen molar-refractivity contribution in [3.05, 3.63) is 60.4 Å². The minimum Gasteiger partial charge on any atom is -0.382 e. The molecular weight excluding hydrogens is 414 g/mol. The van der Waals surface area contributed by atoms with E-state index in [2.05, 4.69) is 33.8 Å². The van der Waals surface area contributed by atoms with E-state index in [1.54, 1.807) is 6.20 Å². The van der Waals surface area contributed by atoms with E-state index < -0.39 is 0 Å². The standard InChI is InChI=1S/C26H27N5O2/c27-15-18-2-1-3-19(12-18)21-13-20-4-7-28-16-23(20)24(14-21)30-22-5-9-31(10-6-22)26(32)25-17-33-11-8-29-25/h1-4,7,12-14,16,22,25,29-30H,5-6,8-11,17H2. The van der Waals surface area contributed by atoms with Crippen LogP contribution in [0.4, 0.5) is 5.69 Å². The zero-order chi connectivity index (χ0) is 22.6. The average Bonchev–Trinajstić information content (AvgIpc) is 2.89. The van der Waals surface area contributed by atoms with E-state index >= 15 is 0 Å². The van der Waals surface area contributed by atoms with Crippen LogP contribution in [0, 0.1) is 11.3 Å². The molecule has 1 unspecified atom stereocenters. The number of nitrogens with zero attached hydrogens (tertiary/aromatic N) is 3. The number of piperidine rings is 1. The van der Waals surface area contributed by atoms with E-state index in [-0.39, 0.29) is 18.0 Å². The summed E-state index contributed by atoms with van der Waals surface area (Å²) >= 11 is 0. The summed E-state index contributed by atoms with van der Waals surface area (Å²) < 4.78 is 5.45. The van der Waals surface area contributed by atoms with Crippen molar-refractivity contribution in [1.82, 2.24) is 15.2 Å². The third kappa shape index (κ3) is 4.68. The molecule has 5 rings (SSSR count). The Morgan fingerprint density at radius 1 is 1.18 bits per heavy atom. The van der Waals surface area contributed by atoms with E-state index in [1.807, 2.05) is 41.4 Å². The second-order valence-electron chi connectivity index (χ2n) is 8.64. The number of hydrogen-bond donors (Lipinski definition) is 2. The molecule has 2 saturated heterocycles. The van der Waals surface area contributed by atoms with Crippen LogP contribution in [-0.4, -0.2) is 60.7 Å². The quantitative estimate of drug-likeness (QED) is 0.646. The van der Waals surface area contributed by atoms with Crippen molar-refractivity contribution in [2.75, 3.05) is 38.2 Å². The lowest BCUT2D eigenvalue weighted by Gasteiger charge is -2.36. The number of nitriles is 1. The lowest BCUT2D eigenvalue weighted by atomic mass is 9.98. The Balaban J connectivity index is 1.33. The molecule has 7 heteroatoms. The first-order valence-corrected chi connectivity index (χ1v) is 11.5. The van der Waals surface area contributed by atoms with Gasteiger partial charge in [-0.05, 0) is 59.7 Å². The molecule has 0 aliphatic carbocycles. The number of fused-ring (bicyclic) bond motifs is 1. The Morgan fingerprint density at radius 3 is 2.85 bits per heavy atom. The SMILES string of the molecule is N#Cc1cccc(-c2cc(NC3CCN(C(=O)C4COCCN4)CC3)c3cnccc3c2)c1. The van der Waals surface area contributed by atoms with E-state index in [1.165, 1.54) is 0 Å². The molecule has 1 atom stereocenters. The summed E-state index contributed by atoms with van der Waals surface area (Å²) in [6, 6.07) is 16.2. The van der Waals surface area contributed by atoms with Gasteiger partial charge in [-0.25, -0.2) is 0 Å². The van der Waals surface area contributed by atoms with Gasteiger partial charge in [-0.15, -0.1) is 0 Å². The number of rotatable bonds is 4. The molecule has 1 amide bonds. The molecule has 7 nitrogen and oxygen atoms in total. The molecule has 0 saturated carbocycles. The largest absolute Gasteiger partial charge is 0.382 e. The first kappa shape index (κ1) is 21.4. The van der Waals surface area contributed by atoms with E-state index in [4.69, 9.17) is 4.74 Å². The van der Waals surface area contributed by atoms with Crippen LogP contribution in [0.25, 0.3) is 21.9 Å². The Hall–Kier alpha value is -3.47. The Labute approximate surface area is 193 Å². The van der Waals surface area contributed by atoms with Gasteiger partial charge in [0.15, 0.2) is 0 Å². The van der Waals surface area contributed by atoms with Crippen LogP contribution in [0.1, 0.15) is 18.4 Å². The fourth-order valence-corrected chi connectivity index (χ4v) is 4.66. The fourth-order valence-electron chi connectivity index (χ4n) is 4.66. The summed E-state index contributed by atoms with van der Waals surface area (Å²) in [7, 11) is 0. The molecule has 0 spiro atoms. The lowest BCUT2D eigenvalue weighted by molar-refractivity contribution is -0.137. The summed E-state index contributed by atoms with van der Waals surface area (Å²) in [6.45, 7) is 3.31. The highest BCUT2D eigenvalue weighted by atomic mass is 16.5. The highest BCUT2D eigenvalue weighted by Gasteiger charge is 2.29. The zero-order valence-corrected chi connectivity index (χ0v) is 18.5. The van der Waals surface area contributed by atoms with Crippen molar-refractivity contribution < 1.29 is 9.53 Å². The minimum absolute atomic E-state index is 0.141. The number of anilines is 1. The number of carbonyl (C=O) groups excluding carboxylic acids is 1. The minimum atomic E-state index is -0.223. The predicted octanol–water partition coefficient (Wildman–Crippen LogP) is 3.16. The van der Waals surface area contributed by atoms with Crippen LogP contribution in [0.2, 0.25) is 0 Å². The Morgan fingerprint density at radius 2 is 2.06 bits per heavy atom. The van der Waals surface area contributed by atoms with Gasteiger partial charge < -0.3 is 20.3 Å². The molecule has 2 fully saturated rings. The van der Waals surface area contributed by atoms with Crippen molar-refractivity contribution in [3.63, 3.8) is 0 Å². The number of likely N-dealkylation sites (tertiary alicyclic amines) is 1. The number of nitrogens with one attached hydrogen (secondary N) is 2. The predicted molar refractivity (Wildman–Crippen MR) is 128 cm³/mol. The number of aromatic nitrogens is 1. The van der Waals surface area contributed by atoms with Crippen molar-refractivity contribution in [2.45, 2.75) is 24.9 Å². The topological polar surface area (TPSA) is 90.3 Å². The summed E-state index contributed by atoms with van der Waals surface area (Å²) in [5.41, 5.74) is 3.75. The third-order valence-electron chi connectivity index (χ3n) is 6.47. The van der Waals surface area contributed by atoms with Gasteiger partial charge in [0.05, 0.1) is 24.8 Å². The molecule has 0 bridgehead atoms. The number of morpholine rings is 1. The molecule has 2 N–H and O–H groups in total. The van der Waals surface area contributed by atoms with Gasteiger partial charge >= 0.3 is 0 Å². The van der Waals surface area contributed by atoms with Crippen LogP contribution in [0.5, 0.6) is 0 Å². The number of amides is 1. The maximum Gasteiger partial charge on any atom is 0.242 e. The highest BCUT2D eigenvalue weighted by Crippen LogP contribution is 2.32. The molecular formula is C26H27N5O2. The van der Waals surface area contributed by atoms with Gasteiger partial charge in [-0.1, -0.05) is 12.1 Å². The third-order valence-corrected chi connectivity index (χ3v) is 6.47. The molecule has 0 radical (unpaired) electrons. The van der Waals surface area contributed by atoms with Crippen LogP contribution in [-0.2, 0) is 9.53 Å². The van der Waals surface area contributed by atoms with Crippen molar-refractivity contribution >= 4 is 22.4 Å². The van der Waals surface area contributed by atoms with Crippen LogP contribution >= 0.6 is 0 Å². The van der Waals surface area contributed by atoms with Crippen molar-refractivity contribution in [3.8, 4) is 17.2 Å². The van der Waals surface area contributed by atoms with Crippen LogP contribution in [0.3, 0.4) is 0 Å². The molecule has 33 heavy (non-hydrogen) atoms. The monoisotopic (exact) mass is 441 g/mol. The summed E-state index contributed by atoms with van der Waals surface area (Å²) in [5.74, 6) is 0.141. The van der Waals surface area contributed by atoms with Crippen molar-refractivity contribution in [1.29, 1.82) is 5.26 Å². The first-order valence-electron chi connectivity index (χ1n) is 11.5. The van der Waals surface area contributed by atoms with Gasteiger partial charge in [0.25, 0.3) is 0 Å². The Kier molecular flexibility index (Phi) is 6.20. The van der Waals surface area contributed by atoms with E-state index in [9.17, 15) is 10.1 Å². The molecule has 3 heterocycles. The maximum absolute atomic E-state index is 12.8. The molecule has 1 aromatic heterocycles. The molecule has 168 valence electrons. The molecule has 3 aromatic rings. The highest BCUT2D eigenvalue weighted by molar-refractivity contribution is 5.97. The molecule has 2 aromatic carbocycles. The smallest absolute Gasteiger partial charge is 0.242 e. The number of hydrogen-bond acceptors (Lipinski definition) is 6. The van der Waals surface area contributed by atoms with Gasteiger partial charge in [0, 0.05) is 49.1 Å². The van der Waals surface area contributed by atoms with Gasteiger partial charge in [-0.3, -0.25) is 9.78 Å². The first-order chi connectivity index (χ1) is 16.2. The van der Waals surface area contributed by atoms with E-state index in [0.29, 0.717) is 18.8 Å². The number of benzene rings is 2. The van der Waals surface area contributed by atoms with Gasteiger partial charge in [0.2, 0.25) is 5.91 Å². The second kappa shape index (κ2) is 9.57. The summed E-state index contributed by atoms with van der Waals surface area (Å²) in [6.07, 6.45) is 5.46. The lowest BCUT2D eigenvalue weighted by Crippen LogP contribution is -2.54. The normalized spacial score (nSPS) is 19.2.